The van der Waals surface area contributed by atoms with Crippen LogP contribution in [0.5, 0.6) is 0 Å². The number of hydrogen-bond acceptors (Lipinski definition) is 4. The van der Waals surface area contributed by atoms with Crippen molar-refractivity contribution in [1.29, 1.82) is 0 Å². The molecule has 27 heavy (non-hydrogen) atoms. The van der Waals surface area contributed by atoms with Gasteiger partial charge in [0.2, 0.25) is 0 Å². The van der Waals surface area contributed by atoms with E-state index in [4.69, 9.17) is 4.74 Å². The second-order valence-corrected chi connectivity index (χ2v) is 9.49. The van der Waals surface area contributed by atoms with Gasteiger partial charge < -0.3 is 14.9 Å². The van der Waals surface area contributed by atoms with E-state index in [1.807, 2.05) is 18.2 Å². The van der Waals surface area contributed by atoms with Crippen molar-refractivity contribution in [2.75, 3.05) is 6.61 Å². The summed E-state index contributed by atoms with van der Waals surface area (Å²) in [5.74, 6) is -0.240. The first-order chi connectivity index (χ1) is 13.0. The lowest BCUT2D eigenvalue weighted by atomic mass is 9.94. The Morgan fingerprint density at radius 2 is 2.00 bits per heavy atom. The third kappa shape index (κ3) is 4.05. The van der Waals surface area contributed by atoms with E-state index in [0.717, 1.165) is 10.4 Å². The Balaban J connectivity index is 1.62. The summed E-state index contributed by atoms with van der Waals surface area (Å²) in [4.78, 5) is 1.11. The Kier molecular flexibility index (Phi) is 5.80. The summed E-state index contributed by atoms with van der Waals surface area (Å²) < 4.78 is 21.5. The summed E-state index contributed by atoms with van der Waals surface area (Å²) >= 11 is 3.85. The summed E-state index contributed by atoms with van der Waals surface area (Å²) in [7, 11) is 0. The zero-order valence-electron chi connectivity index (χ0n) is 14.5. The van der Waals surface area contributed by atoms with E-state index in [9.17, 15) is 14.6 Å². The lowest BCUT2D eigenvalue weighted by Gasteiger charge is -2.37. The van der Waals surface area contributed by atoms with Crippen molar-refractivity contribution < 1.29 is 19.3 Å². The lowest BCUT2D eigenvalue weighted by molar-refractivity contribution is -0.105. The molecule has 1 saturated heterocycles. The quantitative estimate of drug-likeness (QED) is 0.408. The first kappa shape index (κ1) is 19.3. The molecular weight excluding hydrogens is 478 g/mol. The number of aliphatic hydroxyl groups excluding tert-OH is 2. The van der Waals surface area contributed by atoms with E-state index in [2.05, 4.69) is 40.8 Å². The van der Waals surface area contributed by atoms with Gasteiger partial charge in [-0.3, -0.25) is 0 Å². The largest absolute Gasteiger partial charge is 0.394 e. The highest BCUT2D eigenvalue weighted by molar-refractivity contribution is 14.1. The van der Waals surface area contributed by atoms with Gasteiger partial charge in [-0.05, 0) is 40.8 Å². The maximum absolute atomic E-state index is 14.5. The predicted molar refractivity (Wildman–Crippen MR) is 114 cm³/mol. The molecule has 1 fully saturated rings. The fourth-order valence-corrected chi connectivity index (χ4v) is 5.50. The van der Waals surface area contributed by atoms with Crippen LogP contribution in [0.3, 0.4) is 0 Å². The van der Waals surface area contributed by atoms with Crippen molar-refractivity contribution in [3.63, 3.8) is 0 Å². The third-order valence-electron chi connectivity index (χ3n) is 4.94. The Bertz CT molecular complexity index is 911. The van der Waals surface area contributed by atoms with Crippen molar-refractivity contribution in [3.05, 3.63) is 70.4 Å². The summed E-state index contributed by atoms with van der Waals surface area (Å²) in [6.45, 7) is -0.132. The number of ether oxygens (including phenoxy) is 1. The SMILES string of the molecule is OCC1CC(O)C(I)C(c2ccc(F)c(Cc3cc4ccccc4s3)c2)O1. The molecule has 4 rings (SSSR count). The molecule has 2 aromatic carbocycles. The predicted octanol–water partition coefficient (Wildman–Crippen LogP) is 4.62. The van der Waals surface area contributed by atoms with Gasteiger partial charge in [0.1, 0.15) is 5.82 Å². The van der Waals surface area contributed by atoms with E-state index in [1.165, 1.54) is 16.2 Å². The van der Waals surface area contributed by atoms with Crippen LogP contribution in [0.1, 0.15) is 28.5 Å². The third-order valence-corrected chi connectivity index (χ3v) is 7.54. The van der Waals surface area contributed by atoms with Crippen molar-refractivity contribution in [2.24, 2.45) is 0 Å². The number of alkyl halides is 1. The Hall–Kier alpha value is -1.06. The number of hydrogen-bond donors (Lipinski definition) is 2. The van der Waals surface area contributed by atoms with Gasteiger partial charge in [-0.25, -0.2) is 4.39 Å². The summed E-state index contributed by atoms with van der Waals surface area (Å²) in [5.41, 5.74) is 1.45. The van der Waals surface area contributed by atoms with E-state index in [1.54, 1.807) is 17.4 Å². The molecule has 3 nitrogen and oxygen atoms in total. The standard InChI is InChI=1S/C21H20FIO3S/c22-17-6-5-13(21-20(23)18(25)10-15(11-24)26-21)7-14(17)9-16-8-12-3-1-2-4-19(12)27-16/h1-8,15,18,20-21,24-25H,9-11H2. The molecular formula is C21H20FIO3S. The lowest BCUT2D eigenvalue weighted by Crippen LogP contribution is -2.41. The first-order valence-corrected chi connectivity index (χ1v) is 11.0. The average Bonchev–Trinajstić information content (AvgIpc) is 3.08. The van der Waals surface area contributed by atoms with Crippen LogP contribution in [0.2, 0.25) is 0 Å². The van der Waals surface area contributed by atoms with Gasteiger partial charge in [-0.2, -0.15) is 0 Å². The molecule has 6 heteroatoms. The van der Waals surface area contributed by atoms with Gasteiger partial charge in [-0.15, -0.1) is 11.3 Å². The highest BCUT2D eigenvalue weighted by Gasteiger charge is 2.37. The molecule has 2 N–H and O–H groups in total. The van der Waals surface area contributed by atoms with Gasteiger partial charge in [0.15, 0.2) is 0 Å². The van der Waals surface area contributed by atoms with Gasteiger partial charge in [0.05, 0.1) is 28.8 Å². The molecule has 1 aromatic heterocycles. The highest BCUT2D eigenvalue weighted by atomic mass is 127. The van der Waals surface area contributed by atoms with Gasteiger partial charge >= 0.3 is 0 Å². The normalized spacial score (nSPS) is 25.8. The first-order valence-electron chi connectivity index (χ1n) is 8.89. The van der Waals surface area contributed by atoms with Gasteiger partial charge in [-0.1, -0.05) is 46.9 Å². The number of rotatable bonds is 4. The van der Waals surface area contributed by atoms with Crippen LogP contribution >= 0.6 is 33.9 Å². The number of fused-ring (bicyclic) bond motifs is 1. The van der Waals surface area contributed by atoms with Crippen LogP contribution in [0, 0.1) is 5.82 Å². The minimum atomic E-state index is -0.558. The van der Waals surface area contributed by atoms with Crippen LogP contribution in [0.25, 0.3) is 10.1 Å². The van der Waals surface area contributed by atoms with Crippen molar-refractivity contribution in [2.45, 2.75) is 35.1 Å². The topological polar surface area (TPSA) is 49.7 Å². The number of benzene rings is 2. The minimum Gasteiger partial charge on any atom is -0.394 e. The van der Waals surface area contributed by atoms with E-state index in [-0.39, 0.29) is 22.5 Å². The molecule has 0 spiro atoms. The van der Waals surface area contributed by atoms with Crippen LogP contribution in [0.4, 0.5) is 4.39 Å². The molecule has 0 saturated carbocycles. The molecule has 4 unspecified atom stereocenters. The fraction of sp³-hybridized carbons (Fsp3) is 0.333. The molecule has 3 aromatic rings. The van der Waals surface area contributed by atoms with Crippen molar-refractivity contribution in [1.82, 2.24) is 0 Å². The maximum atomic E-state index is 14.5. The number of aliphatic hydroxyl groups is 2. The van der Waals surface area contributed by atoms with Crippen LogP contribution in [-0.2, 0) is 11.2 Å². The van der Waals surface area contributed by atoms with Gasteiger partial charge in [0.25, 0.3) is 0 Å². The smallest absolute Gasteiger partial charge is 0.126 e. The summed E-state index contributed by atoms with van der Waals surface area (Å²) in [6, 6.07) is 15.3. The fourth-order valence-electron chi connectivity index (χ4n) is 3.54. The van der Waals surface area contributed by atoms with E-state index >= 15 is 0 Å². The average molecular weight is 498 g/mol. The monoisotopic (exact) mass is 498 g/mol. The molecule has 1 aliphatic heterocycles. The number of halogens is 2. The Morgan fingerprint density at radius 1 is 1.19 bits per heavy atom. The van der Waals surface area contributed by atoms with Crippen molar-refractivity contribution >= 4 is 44.0 Å². The number of thiophene rings is 1. The van der Waals surface area contributed by atoms with Crippen LogP contribution in [-0.4, -0.2) is 33.0 Å². The minimum absolute atomic E-state index is 0.132. The summed E-state index contributed by atoms with van der Waals surface area (Å²) in [6.07, 6.45) is -0.391. The highest BCUT2D eigenvalue weighted by Crippen LogP contribution is 2.37. The molecule has 4 atom stereocenters. The maximum Gasteiger partial charge on any atom is 0.126 e. The van der Waals surface area contributed by atoms with Crippen molar-refractivity contribution in [3.8, 4) is 0 Å². The molecule has 0 aliphatic carbocycles. The summed E-state index contributed by atoms with van der Waals surface area (Å²) in [5, 5.41) is 20.9. The second-order valence-electron chi connectivity index (χ2n) is 6.89. The second kappa shape index (κ2) is 8.13. The molecule has 142 valence electrons. The van der Waals surface area contributed by atoms with Crippen LogP contribution < -0.4 is 0 Å². The van der Waals surface area contributed by atoms with E-state index in [0.29, 0.717) is 18.4 Å². The Labute approximate surface area is 174 Å². The molecule has 1 aliphatic rings. The van der Waals surface area contributed by atoms with Gasteiger partial charge in [0, 0.05) is 22.4 Å². The zero-order valence-corrected chi connectivity index (χ0v) is 17.5. The molecule has 2 heterocycles. The Morgan fingerprint density at radius 3 is 2.78 bits per heavy atom. The van der Waals surface area contributed by atoms with Crippen LogP contribution in [0.15, 0.2) is 48.5 Å². The van der Waals surface area contributed by atoms with E-state index < -0.39 is 12.2 Å². The zero-order chi connectivity index (χ0) is 19.0. The molecule has 0 bridgehead atoms. The molecule has 0 amide bonds. The molecule has 0 radical (unpaired) electrons.